The summed E-state index contributed by atoms with van der Waals surface area (Å²) in [6, 6.07) is 9.89. The number of anilines is 1. The zero-order chi connectivity index (χ0) is 15.2. The van der Waals surface area contributed by atoms with E-state index in [0.29, 0.717) is 17.6 Å². The molecule has 2 aromatic carbocycles. The molecule has 5 heteroatoms. The largest absolute Gasteiger partial charge is 0.494 e. The van der Waals surface area contributed by atoms with Gasteiger partial charge in [-0.3, -0.25) is 0 Å². The van der Waals surface area contributed by atoms with E-state index in [2.05, 4.69) is 21.2 Å². The molecule has 21 heavy (non-hydrogen) atoms. The third kappa shape index (κ3) is 4.43. The summed E-state index contributed by atoms with van der Waals surface area (Å²) in [6.07, 6.45) is 0.950. The van der Waals surface area contributed by atoms with Crippen LogP contribution in [-0.2, 0) is 6.54 Å². The van der Waals surface area contributed by atoms with E-state index in [9.17, 15) is 8.78 Å². The van der Waals surface area contributed by atoms with Gasteiger partial charge in [-0.05, 0) is 36.2 Å². The number of halogens is 3. The summed E-state index contributed by atoms with van der Waals surface area (Å²) >= 11 is 3.05. The average Bonchev–Trinajstić information content (AvgIpc) is 2.45. The molecule has 2 nitrogen and oxygen atoms in total. The van der Waals surface area contributed by atoms with Gasteiger partial charge < -0.3 is 10.1 Å². The fourth-order valence-corrected chi connectivity index (χ4v) is 2.23. The Morgan fingerprint density at radius 3 is 2.29 bits per heavy atom. The Hall–Kier alpha value is -1.62. The SMILES string of the molecule is CCCOc1ccc(CNc2c(F)cc(Br)cc2F)cc1. The van der Waals surface area contributed by atoms with E-state index in [4.69, 9.17) is 4.74 Å². The number of hydrogen-bond acceptors (Lipinski definition) is 2. The number of nitrogens with one attached hydrogen (secondary N) is 1. The van der Waals surface area contributed by atoms with E-state index in [1.807, 2.05) is 31.2 Å². The Bertz CT molecular complexity index is 579. The number of benzene rings is 2. The van der Waals surface area contributed by atoms with Crippen molar-refractivity contribution in [3.8, 4) is 5.75 Å². The Morgan fingerprint density at radius 2 is 1.71 bits per heavy atom. The molecule has 0 aliphatic carbocycles. The first-order valence-electron chi connectivity index (χ1n) is 6.70. The van der Waals surface area contributed by atoms with E-state index >= 15 is 0 Å². The predicted molar refractivity (Wildman–Crippen MR) is 83.6 cm³/mol. The summed E-state index contributed by atoms with van der Waals surface area (Å²) < 4.78 is 33.2. The highest BCUT2D eigenvalue weighted by Gasteiger charge is 2.10. The molecule has 0 radical (unpaired) electrons. The Morgan fingerprint density at radius 1 is 1.10 bits per heavy atom. The molecule has 112 valence electrons. The maximum Gasteiger partial charge on any atom is 0.150 e. The van der Waals surface area contributed by atoms with Crippen molar-refractivity contribution in [2.75, 3.05) is 11.9 Å². The second-order valence-electron chi connectivity index (χ2n) is 4.59. The van der Waals surface area contributed by atoms with Crippen molar-refractivity contribution in [1.29, 1.82) is 0 Å². The lowest BCUT2D eigenvalue weighted by Gasteiger charge is -2.10. The van der Waals surface area contributed by atoms with Crippen LogP contribution in [0.3, 0.4) is 0 Å². The molecule has 0 unspecified atom stereocenters. The molecule has 0 aliphatic rings. The van der Waals surface area contributed by atoms with E-state index in [1.165, 1.54) is 12.1 Å². The molecule has 0 fully saturated rings. The zero-order valence-electron chi connectivity index (χ0n) is 11.6. The van der Waals surface area contributed by atoms with Crippen molar-refractivity contribution in [2.24, 2.45) is 0 Å². The van der Waals surface area contributed by atoms with Crippen LogP contribution in [0.2, 0.25) is 0 Å². The van der Waals surface area contributed by atoms with Gasteiger partial charge in [0.05, 0.1) is 6.61 Å². The first-order chi connectivity index (χ1) is 10.1. The van der Waals surface area contributed by atoms with Crippen molar-refractivity contribution in [1.82, 2.24) is 0 Å². The molecule has 1 N–H and O–H groups in total. The van der Waals surface area contributed by atoms with E-state index in [1.54, 1.807) is 0 Å². The van der Waals surface area contributed by atoms with Crippen LogP contribution in [0.5, 0.6) is 5.75 Å². The summed E-state index contributed by atoms with van der Waals surface area (Å²) in [5.74, 6) is -0.448. The Labute approximate surface area is 131 Å². The molecular formula is C16H16BrF2NO. The van der Waals surface area contributed by atoms with Gasteiger partial charge in [-0.25, -0.2) is 8.78 Å². The van der Waals surface area contributed by atoms with E-state index < -0.39 is 11.6 Å². The summed E-state index contributed by atoms with van der Waals surface area (Å²) in [5.41, 5.74) is 0.796. The van der Waals surface area contributed by atoms with Gasteiger partial charge >= 0.3 is 0 Å². The van der Waals surface area contributed by atoms with Crippen LogP contribution in [0.25, 0.3) is 0 Å². The van der Waals surface area contributed by atoms with Crippen LogP contribution in [0.1, 0.15) is 18.9 Å². The fraction of sp³-hybridized carbons (Fsp3) is 0.250. The smallest absolute Gasteiger partial charge is 0.150 e. The summed E-state index contributed by atoms with van der Waals surface area (Å²) in [7, 11) is 0. The van der Waals surface area contributed by atoms with Gasteiger partial charge in [0, 0.05) is 11.0 Å². The highest BCUT2D eigenvalue weighted by molar-refractivity contribution is 9.10. The molecule has 0 saturated heterocycles. The first-order valence-corrected chi connectivity index (χ1v) is 7.49. The molecule has 0 saturated carbocycles. The van der Waals surface area contributed by atoms with Crippen molar-refractivity contribution in [3.63, 3.8) is 0 Å². The van der Waals surface area contributed by atoms with Crippen LogP contribution in [0.15, 0.2) is 40.9 Å². The van der Waals surface area contributed by atoms with Gasteiger partial charge in [0.1, 0.15) is 23.1 Å². The molecule has 0 atom stereocenters. The third-order valence-corrected chi connectivity index (χ3v) is 3.33. The van der Waals surface area contributed by atoms with Crippen LogP contribution < -0.4 is 10.1 Å². The van der Waals surface area contributed by atoms with E-state index in [-0.39, 0.29) is 5.69 Å². The van der Waals surface area contributed by atoms with Crippen molar-refractivity contribution < 1.29 is 13.5 Å². The molecule has 0 bridgehead atoms. The molecule has 2 rings (SSSR count). The maximum absolute atomic E-state index is 13.7. The Kier molecular flexibility index (Phi) is 5.56. The lowest BCUT2D eigenvalue weighted by Crippen LogP contribution is -2.04. The zero-order valence-corrected chi connectivity index (χ0v) is 13.2. The van der Waals surface area contributed by atoms with Crippen LogP contribution >= 0.6 is 15.9 Å². The topological polar surface area (TPSA) is 21.3 Å². The standard InChI is InChI=1S/C16H16BrF2NO/c1-2-7-21-13-5-3-11(4-6-13)10-20-16-14(18)8-12(17)9-15(16)19/h3-6,8-9,20H,2,7,10H2,1H3. The lowest BCUT2D eigenvalue weighted by molar-refractivity contribution is 0.317. The number of hydrogen-bond donors (Lipinski definition) is 1. The van der Waals surface area contributed by atoms with Gasteiger partial charge in [-0.1, -0.05) is 35.0 Å². The van der Waals surface area contributed by atoms with Gasteiger partial charge in [0.25, 0.3) is 0 Å². The minimum Gasteiger partial charge on any atom is -0.494 e. The predicted octanol–water partition coefficient (Wildman–Crippen LogP) is 5.13. The highest BCUT2D eigenvalue weighted by Crippen LogP contribution is 2.24. The summed E-state index contributed by atoms with van der Waals surface area (Å²) in [6.45, 7) is 3.05. The second-order valence-corrected chi connectivity index (χ2v) is 5.51. The minimum absolute atomic E-state index is 0.121. The normalized spacial score (nSPS) is 10.5. The molecule has 0 aromatic heterocycles. The van der Waals surface area contributed by atoms with Gasteiger partial charge in [-0.15, -0.1) is 0 Å². The van der Waals surface area contributed by atoms with E-state index in [0.717, 1.165) is 17.7 Å². The monoisotopic (exact) mass is 355 g/mol. The molecule has 0 amide bonds. The van der Waals surface area contributed by atoms with Crippen molar-refractivity contribution in [3.05, 3.63) is 58.1 Å². The van der Waals surface area contributed by atoms with Gasteiger partial charge in [0.15, 0.2) is 0 Å². The molecule has 2 aromatic rings. The Balaban J connectivity index is 2.00. The van der Waals surface area contributed by atoms with Crippen molar-refractivity contribution >= 4 is 21.6 Å². The number of ether oxygens (including phenoxy) is 1. The molecule has 0 heterocycles. The van der Waals surface area contributed by atoms with Gasteiger partial charge in [0.2, 0.25) is 0 Å². The molecule has 0 aliphatic heterocycles. The maximum atomic E-state index is 13.7. The highest BCUT2D eigenvalue weighted by atomic mass is 79.9. The van der Waals surface area contributed by atoms with Crippen LogP contribution in [0, 0.1) is 11.6 Å². The van der Waals surface area contributed by atoms with Crippen LogP contribution in [0.4, 0.5) is 14.5 Å². The lowest BCUT2D eigenvalue weighted by atomic mass is 10.2. The van der Waals surface area contributed by atoms with Gasteiger partial charge in [-0.2, -0.15) is 0 Å². The minimum atomic E-state index is -0.621. The third-order valence-electron chi connectivity index (χ3n) is 2.87. The number of rotatable bonds is 6. The quantitative estimate of drug-likeness (QED) is 0.775. The average molecular weight is 356 g/mol. The first kappa shape index (κ1) is 15.8. The molecular weight excluding hydrogens is 340 g/mol. The summed E-state index contributed by atoms with van der Waals surface area (Å²) in [5, 5.41) is 2.78. The second kappa shape index (κ2) is 7.41. The summed E-state index contributed by atoms with van der Waals surface area (Å²) in [4.78, 5) is 0. The fourth-order valence-electron chi connectivity index (χ4n) is 1.82. The van der Waals surface area contributed by atoms with Crippen LogP contribution in [-0.4, -0.2) is 6.61 Å². The van der Waals surface area contributed by atoms with Crippen molar-refractivity contribution in [2.45, 2.75) is 19.9 Å². The molecule has 0 spiro atoms.